The summed E-state index contributed by atoms with van der Waals surface area (Å²) in [6.07, 6.45) is 4.93. The number of ether oxygens (including phenoxy) is 1. The normalized spacial score (nSPS) is 22.0. The Balaban J connectivity index is 2.30. The highest BCUT2D eigenvalue weighted by Crippen LogP contribution is 2.36. The first-order chi connectivity index (χ1) is 10.4. The monoisotopic (exact) mass is 307 g/mol. The van der Waals surface area contributed by atoms with E-state index in [1.54, 1.807) is 6.21 Å². The molecule has 22 heavy (non-hydrogen) atoms. The molecule has 0 amide bonds. The Bertz CT molecular complexity index is 578. The molecule has 0 radical (unpaired) electrons. The van der Waals surface area contributed by atoms with Gasteiger partial charge in [-0.1, -0.05) is 0 Å². The predicted octanol–water partition coefficient (Wildman–Crippen LogP) is 2.91. The Hall–Kier alpha value is -2.31. The smallest absolute Gasteiger partial charge is 0.315 e. The summed E-state index contributed by atoms with van der Waals surface area (Å²) in [6, 6.07) is 3.51. The zero-order valence-electron chi connectivity index (χ0n) is 13.0. The number of nitrogens with zero attached hydrogens (tertiary/aromatic N) is 3. The lowest BCUT2D eigenvalue weighted by Crippen LogP contribution is -2.39. The van der Waals surface area contributed by atoms with Crippen LogP contribution in [0.3, 0.4) is 0 Å². The van der Waals surface area contributed by atoms with Gasteiger partial charge in [0.1, 0.15) is 0 Å². The topological polar surface area (TPSA) is 88.2 Å². The molecule has 0 saturated carbocycles. The molecule has 1 aromatic rings. The molecule has 1 heterocycles. The van der Waals surface area contributed by atoms with Gasteiger partial charge in [-0.3, -0.25) is 15.1 Å². The van der Waals surface area contributed by atoms with Crippen molar-refractivity contribution >= 4 is 11.9 Å². The molecule has 1 N–H and O–H groups in total. The molecule has 0 spiro atoms. The third kappa shape index (κ3) is 3.29. The maximum Gasteiger partial charge on any atom is 0.315 e. The molecule has 0 aromatic heterocycles. The maximum absolute atomic E-state index is 11.0. The minimum absolute atomic E-state index is 0.0652. The number of phenolic OH excluding ortho intramolecular Hbond substituents is 1. The van der Waals surface area contributed by atoms with Gasteiger partial charge >= 0.3 is 5.69 Å². The number of rotatable bonds is 4. The molecule has 1 aliphatic heterocycles. The quantitative estimate of drug-likeness (QED) is 0.525. The Labute approximate surface area is 129 Å². The van der Waals surface area contributed by atoms with Crippen LogP contribution in [0.15, 0.2) is 17.2 Å². The fourth-order valence-corrected chi connectivity index (χ4v) is 2.75. The van der Waals surface area contributed by atoms with E-state index in [0.717, 1.165) is 12.8 Å². The molecule has 2 rings (SSSR count). The molecular formula is C15H21N3O4. The van der Waals surface area contributed by atoms with Gasteiger partial charge in [0.05, 0.1) is 18.2 Å². The first-order valence-electron chi connectivity index (χ1n) is 7.31. The predicted molar refractivity (Wildman–Crippen MR) is 83.5 cm³/mol. The van der Waals surface area contributed by atoms with E-state index < -0.39 is 10.7 Å². The Kier molecular flexibility index (Phi) is 4.85. The van der Waals surface area contributed by atoms with E-state index >= 15 is 0 Å². The summed E-state index contributed by atoms with van der Waals surface area (Å²) in [4.78, 5) is 10.3. The molecule has 120 valence electrons. The van der Waals surface area contributed by atoms with Crippen molar-refractivity contribution in [1.29, 1.82) is 0 Å². The van der Waals surface area contributed by atoms with E-state index in [4.69, 9.17) is 4.74 Å². The van der Waals surface area contributed by atoms with Crippen molar-refractivity contribution in [2.45, 2.75) is 45.2 Å². The van der Waals surface area contributed by atoms with Crippen molar-refractivity contribution in [3.05, 3.63) is 27.8 Å². The van der Waals surface area contributed by atoms with Gasteiger partial charge in [0.2, 0.25) is 5.75 Å². The van der Waals surface area contributed by atoms with Gasteiger partial charge in [-0.05, 0) is 39.2 Å². The van der Waals surface area contributed by atoms with Gasteiger partial charge < -0.3 is 9.84 Å². The summed E-state index contributed by atoms with van der Waals surface area (Å²) in [5.74, 6) is -0.403. The van der Waals surface area contributed by atoms with Crippen molar-refractivity contribution in [3.8, 4) is 11.5 Å². The third-order valence-corrected chi connectivity index (χ3v) is 3.98. The largest absolute Gasteiger partial charge is 0.500 e. The second kappa shape index (κ2) is 6.64. The van der Waals surface area contributed by atoms with Crippen LogP contribution in [-0.2, 0) is 0 Å². The summed E-state index contributed by atoms with van der Waals surface area (Å²) < 4.78 is 4.98. The van der Waals surface area contributed by atoms with E-state index in [-0.39, 0.29) is 11.4 Å². The van der Waals surface area contributed by atoms with Gasteiger partial charge in [-0.15, -0.1) is 0 Å². The van der Waals surface area contributed by atoms with Crippen LogP contribution in [0.5, 0.6) is 11.5 Å². The van der Waals surface area contributed by atoms with Crippen molar-refractivity contribution in [2.24, 2.45) is 5.10 Å². The van der Waals surface area contributed by atoms with E-state index in [9.17, 15) is 15.2 Å². The second-order valence-electron chi connectivity index (χ2n) is 5.60. The Morgan fingerprint density at radius 3 is 2.59 bits per heavy atom. The van der Waals surface area contributed by atoms with Crippen molar-refractivity contribution < 1.29 is 14.8 Å². The molecule has 7 heteroatoms. The number of nitro benzene ring substituents is 1. The minimum Gasteiger partial charge on any atom is -0.500 e. The van der Waals surface area contributed by atoms with Gasteiger partial charge in [0.15, 0.2) is 5.75 Å². The van der Waals surface area contributed by atoms with Crippen LogP contribution in [0.1, 0.15) is 38.7 Å². The zero-order valence-corrected chi connectivity index (χ0v) is 13.0. The molecule has 0 aliphatic carbocycles. The standard InChI is InChI=1S/C15H21N3O4/c1-10-5-4-6-11(2)17(10)16-9-12-7-13(18(20)21)15(19)14(8-12)22-3/h7-11,19H,4-6H2,1-3H3/b16-9-/t10-,11-/m1/s1. The van der Waals surface area contributed by atoms with E-state index in [2.05, 4.69) is 18.9 Å². The molecule has 1 fully saturated rings. The van der Waals surface area contributed by atoms with Gasteiger partial charge in [-0.2, -0.15) is 5.10 Å². The third-order valence-electron chi connectivity index (χ3n) is 3.98. The molecule has 0 bridgehead atoms. The Morgan fingerprint density at radius 2 is 2.05 bits per heavy atom. The Morgan fingerprint density at radius 1 is 1.41 bits per heavy atom. The molecule has 2 atom stereocenters. The lowest BCUT2D eigenvalue weighted by atomic mass is 10.00. The van der Waals surface area contributed by atoms with Crippen LogP contribution in [0.25, 0.3) is 0 Å². The molecule has 7 nitrogen and oxygen atoms in total. The van der Waals surface area contributed by atoms with Crippen LogP contribution in [0.4, 0.5) is 5.69 Å². The van der Waals surface area contributed by atoms with Crippen LogP contribution in [0, 0.1) is 10.1 Å². The van der Waals surface area contributed by atoms with Crippen LogP contribution in [0.2, 0.25) is 0 Å². The fraction of sp³-hybridized carbons (Fsp3) is 0.533. The van der Waals surface area contributed by atoms with Crippen LogP contribution >= 0.6 is 0 Å². The number of aromatic hydroxyl groups is 1. The maximum atomic E-state index is 11.0. The number of hydrogen-bond acceptors (Lipinski definition) is 6. The number of hydrazone groups is 1. The lowest BCUT2D eigenvalue weighted by Gasteiger charge is -2.36. The average molecular weight is 307 g/mol. The zero-order chi connectivity index (χ0) is 16.3. The molecule has 1 saturated heterocycles. The number of piperidine rings is 1. The SMILES string of the molecule is COc1cc(/C=N\N2[C@H](C)CCC[C@H]2C)cc([N+](=O)[O-])c1O. The van der Waals surface area contributed by atoms with Gasteiger partial charge in [0, 0.05) is 23.7 Å². The first kappa shape index (κ1) is 16.1. The molecular weight excluding hydrogens is 286 g/mol. The second-order valence-corrected chi connectivity index (χ2v) is 5.60. The van der Waals surface area contributed by atoms with Crippen molar-refractivity contribution in [3.63, 3.8) is 0 Å². The van der Waals surface area contributed by atoms with E-state index in [1.165, 1.54) is 25.7 Å². The molecule has 1 aliphatic rings. The van der Waals surface area contributed by atoms with Gasteiger partial charge in [0.25, 0.3) is 0 Å². The van der Waals surface area contributed by atoms with Gasteiger partial charge in [-0.25, -0.2) is 0 Å². The summed E-state index contributed by atoms with van der Waals surface area (Å²) >= 11 is 0. The highest BCUT2D eigenvalue weighted by atomic mass is 16.6. The lowest BCUT2D eigenvalue weighted by molar-refractivity contribution is -0.386. The number of benzene rings is 1. The number of phenols is 1. The average Bonchev–Trinajstić information content (AvgIpc) is 2.47. The minimum atomic E-state index is -0.638. The first-order valence-corrected chi connectivity index (χ1v) is 7.31. The highest BCUT2D eigenvalue weighted by molar-refractivity contribution is 5.83. The van der Waals surface area contributed by atoms with E-state index in [0.29, 0.717) is 17.6 Å². The molecule has 0 unspecified atom stereocenters. The summed E-state index contributed by atoms with van der Waals surface area (Å²) in [5, 5.41) is 27.2. The van der Waals surface area contributed by atoms with Crippen molar-refractivity contribution in [1.82, 2.24) is 5.01 Å². The van der Waals surface area contributed by atoms with E-state index in [1.807, 2.05) is 5.01 Å². The summed E-state index contributed by atoms with van der Waals surface area (Å²) in [7, 11) is 1.36. The number of methoxy groups -OCH3 is 1. The fourth-order valence-electron chi connectivity index (χ4n) is 2.75. The highest BCUT2D eigenvalue weighted by Gasteiger charge is 2.23. The number of hydrogen-bond donors (Lipinski definition) is 1. The van der Waals surface area contributed by atoms with Crippen LogP contribution in [-0.4, -0.2) is 40.4 Å². The summed E-state index contributed by atoms with van der Waals surface area (Å²) in [5.41, 5.74) is 0.131. The van der Waals surface area contributed by atoms with Crippen LogP contribution < -0.4 is 4.74 Å². The summed E-state index contributed by atoms with van der Waals surface area (Å²) in [6.45, 7) is 4.24. The number of nitro groups is 1. The van der Waals surface area contributed by atoms with Crippen molar-refractivity contribution in [2.75, 3.05) is 7.11 Å². The molecule has 1 aromatic carbocycles.